The summed E-state index contributed by atoms with van der Waals surface area (Å²) in [5.41, 5.74) is 2.31. The molecule has 5 atom stereocenters. The smallest absolute Gasteiger partial charge is 0.190 e. The zero-order chi connectivity index (χ0) is 17.3. The second-order valence-corrected chi connectivity index (χ2v) is 7.13. The number of rotatable bonds is 6. The maximum Gasteiger partial charge on any atom is 0.190 e. The highest BCUT2D eigenvalue weighted by molar-refractivity contribution is 5.24. The minimum atomic E-state index is -0.694. The van der Waals surface area contributed by atoms with E-state index in [1.165, 1.54) is 5.56 Å². The SMILES string of the molecule is CCC[C@@H](O)[C@H]1O[C@@H]2OC(C)(C)O[C@@H]2[C@H]1OCc1ccccc1C. The van der Waals surface area contributed by atoms with Crippen molar-refractivity contribution in [1.29, 1.82) is 0 Å². The van der Waals surface area contributed by atoms with Crippen molar-refractivity contribution in [3.8, 4) is 0 Å². The highest BCUT2D eigenvalue weighted by Crippen LogP contribution is 2.40. The van der Waals surface area contributed by atoms with Crippen LogP contribution in [0.3, 0.4) is 0 Å². The molecule has 0 radical (unpaired) electrons. The van der Waals surface area contributed by atoms with Gasteiger partial charge in [0.25, 0.3) is 0 Å². The normalized spacial score (nSPS) is 32.7. The molecule has 0 saturated carbocycles. The van der Waals surface area contributed by atoms with Gasteiger partial charge in [0.15, 0.2) is 12.1 Å². The van der Waals surface area contributed by atoms with Crippen molar-refractivity contribution in [2.75, 3.05) is 0 Å². The third-order valence-corrected chi connectivity index (χ3v) is 4.68. The number of aliphatic hydroxyl groups is 1. The molecule has 0 aromatic heterocycles. The minimum absolute atomic E-state index is 0.319. The molecule has 1 aromatic carbocycles. The number of benzene rings is 1. The summed E-state index contributed by atoms with van der Waals surface area (Å²) in [6.45, 7) is 8.30. The number of fused-ring (bicyclic) bond motifs is 1. The fourth-order valence-corrected chi connectivity index (χ4v) is 3.42. The van der Waals surface area contributed by atoms with Gasteiger partial charge < -0.3 is 24.1 Å². The van der Waals surface area contributed by atoms with Crippen LogP contribution in [0.4, 0.5) is 0 Å². The monoisotopic (exact) mass is 336 g/mol. The summed E-state index contributed by atoms with van der Waals surface area (Å²) in [5.74, 6) is -0.694. The first-order valence-corrected chi connectivity index (χ1v) is 8.76. The number of ether oxygens (including phenoxy) is 4. The second-order valence-electron chi connectivity index (χ2n) is 7.13. The molecule has 0 bridgehead atoms. The van der Waals surface area contributed by atoms with Crippen molar-refractivity contribution in [3.05, 3.63) is 35.4 Å². The van der Waals surface area contributed by atoms with E-state index in [1.54, 1.807) is 0 Å². The molecule has 1 N–H and O–H groups in total. The summed E-state index contributed by atoms with van der Waals surface area (Å²) >= 11 is 0. The van der Waals surface area contributed by atoms with Crippen molar-refractivity contribution in [3.63, 3.8) is 0 Å². The first-order chi connectivity index (χ1) is 11.4. The van der Waals surface area contributed by atoms with E-state index in [2.05, 4.69) is 19.1 Å². The quantitative estimate of drug-likeness (QED) is 0.865. The Morgan fingerprint density at radius 2 is 2.00 bits per heavy atom. The zero-order valence-electron chi connectivity index (χ0n) is 14.9. The lowest BCUT2D eigenvalue weighted by molar-refractivity contribution is -0.230. The molecule has 0 spiro atoms. The first-order valence-electron chi connectivity index (χ1n) is 8.76. The molecule has 0 aliphatic carbocycles. The number of aliphatic hydroxyl groups excluding tert-OH is 1. The van der Waals surface area contributed by atoms with E-state index in [1.807, 2.05) is 32.9 Å². The highest BCUT2D eigenvalue weighted by atomic mass is 16.8. The van der Waals surface area contributed by atoms with Gasteiger partial charge in [-0.2, -0.15) is 0 Å². The Bertz CT molecular complexity index is 558. The van der Waals surface area contributed by atoms with Crippen LogP contribution in [0.15, 0.2) is 24.3 Å². The summed E-state index contributed by atoms with van der Waals surface area (Å²) in [7, 11) is 0. The molecule has 0 unspecified atom stereocenters. The summed E-state index contributed by atoms with van der Waals surface area (Å²) < 4.78 is 23.9. The predicted octanol–water partition coefficient (Wildman–Crippen LogP) is 2.92. The molecule has 2 fully saturated rings. The van der Waals surface area contributed by atoms with Crippen LogP contribution >= 0.6 is 0 Å². The molecule has 0 amide bonds. The summed E-state index contributed by atoms with van der Waals surface area (Å²) in [4.78, 5) is 0. The van der Waals surface area contributed by atoms with Crippen molar-refractivity contribution < 1.29 is 24.1 Å². The Morgan fingerprint density at radius 3 is 2.71 bits per heavy atom. The predicted molar refractivity (Wildman–Crippen MR) is 89.4 cm³/mol. The molecule has 2 heterocycles. The van der Waals surface area contributed by atoms with Gasteiger partial charge >= 0.3 is 0 Å². The van der Waals surface area contributed by atoms with Crippen molar-refractivity contribution in [2.45, 2.75) is 83.6 Å². The summed E-state index contributed by atoms with van der Waals surface area (Å²) in [5, 5.41) is 10.4. The summed E-state index contributed by atoms with van der Waals surface area (Å²) in [6, 6.07) is 8.13. The van der Waals surface area contributed by atoms with Crippen LogP contribution in [0.25, 0.3) is 0 Å². The van der Waals surface area contributed by atoms with E-state index in [-0.39, 0.29) is 12.2 Å². The Hall–Kier alpha value is -0.980. The van der Waals surface area contributed by atoms with Crippen molar-refractivity contribution >= 4 is 0 Å². The van der Waals surface area contributed by atoms with E-state index in [4.69, 9.17) is 18.9 Å². The van der Waals surface area contributed by atoms with Gasteiger partial charge in [0.1, 0.15) is 18.3 Å². The van der Waals surface area contributed by atoms with Gasteiger partial charge in [-0.25, -0.2) is 0 Å². The van der Waals surface area contributed by atoms with E-state index >= 15 is 0 Å². The van der Waals surface area contributed by atoms with E-state index < -0.39 is 24.3 Å². The first kappa shape index (κ1) is 17.8. The summed E-state index contributed by atoms with van der Waals surface area (Å²) in [6.07, 6.45) is -0.624. The Morgan fingerprint density at radius 1 is 1.25 bits per heavy atom. The molecule has 2 saturated heterocycles. The van der Waals surface area contributed by atoms with Gasteiger partial charge in [-0.1, -0.05) is 37.6 Å². The van der Waals surface area contributed by atoms with Crippen LogP contribution in [0.1, 0.15) is 44.7 Å². The molecular formula is C19H28O5. The average Bonchev–Trinajstić information content (AvgIpc) is 2.99. The molecular weight excluding hydrogens is 308 g/mol. The van der Waals surface area contributed by atoms with Gasteiger partial charge in [0.2, 0.25) is 0 Å². The molecule has 5 heteroatoms. The van der Waals surface area contributed by atoms with Crippen LogP contribution in [0, 0.1) is 6.92 Å². The minimum Gasteiger partial charge on any atom is -0.390 e. The topological polar surface area (TPSA) is 57.2 Å². The molecule has 3 rings (SSSR count). The Balaban J connectivity index is 1.73. The third-order valence-electron chi connectivity index (χ3n) is 4.68. The van der Waals surface area contributed by atoms with Crippen LogP contribution in [-0.2, 0) is 25.6 Å². The molecule has 24 heavy (non-hydrogen) atoms. The number of hydrogen-bond donors (Lipinski definition) is 1. The number of hydrogen-bond acceptors (Lipinski definition) is 5. The zero-order valence-corrected chi connectivity index (χ0v) is 14.9. The second kappa shape index (κ2) is 7.10. The lowest BCUT2D eigenvalue weighted by atomic mass is 10.0. The Labute approximate surface area is 143 Å². The fraction of sp³-hybridized carbons (Fsp3) is 0.684. The van der Waals surface area contributed by atoms with Gasteiger partial charge in [0.05, 0.1) is 12.7 Å². The molecule has 5 nitrogen and oxygen atoms in total. The lowest BCUT2D eigenvalue weighted by Gasteiger charge is -2.28. The van der Waals surface area contributed by atoms with Gasteiger partial charge in [-0.05, 0) is 38.3 Å². The molecule has 1 aromatic rings. The van der Waals surface area contributed by atoms with Crippen molar-refractivity contribution in [1.82, 2.24) is 0 Å². The average molecular weight is 336 g/mol. The largest absolute Gasteiger partial charge is 0.390 e. The van der Waals surface area contributed by atoms with Gasteiger partial charge in [-0.3, -0.25) is 0 Å². The van der Waals surface area contributed by atoms with Crippen LogP contribution in [-0.4, -0.2) is 41.6 Å². The van der Waals surface area contributed by atoms with Crippen LogP contribution in [0.5, 0.6) is 0 Å². The highest BCUT2D eigenvalue weighted by Gasteiger charge is 2.56. The van der Waals surface area contributed by atoms with Crippen LogP contribution < -0.4 is 0 Å². The molecule has 2 aliphatic heterocycles. The fourth-order valence-electron chi connectivity index (χ4n) is 3.42. The van der Waals surface area contributed by atoms with E-state index in [0.717, 1.165) is 12.0 Å². The standard InChI is InChI=1S/C19H28O5/c1-5-8-14(20)15-16(17-18(22-15)24-19(3,4)23-17)21-11-13-10-7-6-9-12(13)2/h6-7,9-10,14-18,20H,5,8,11H2,1-4H3/t14-,15-,16+,17-,18-/m1/s1. The van der Waals surface area contributed by atoms with E-state index in [0.29, 0.717) is 13.0 Å². The lowest BCUT2D eigenvalue weighted by Crippen LogP contribution is -2.42. The van der Waals surface area contributed by atoms with Crippen molar-refractivity contribution in [2.24, 2.45) is 0 Å². The van der Waals surface area contributed by atoms with Crippen LogP contribution in [0.2, 0.25) is 0 Å². The maximum atomic E-state index is 10.4. The number of aryl methyl sites for hydroxylation is 1. The van der Waals surface area contributed by atoms with E-state index in [9.17, 15) is 5.11 Å². The Kier molecular flexibility index (Phi) is 5.27. The van der Waals surface area contributed by atoms with Gasteiger partial charge in [-0.15, -0.1) is 0 Å². The third kappa shape index (κ3) is 3.65. The molecule has 2 aliphatic rings. The maximum absolute atomic E-state index is 10.4. The van der Waals surface area contributed by atoms with Gasteiger partial charge in [0, 0.05) is 0 Å². The molecule has 134 valence electrons.